The van der Waals surface area contributed by atoms with E-state index in [1.54, 1.807) is 24.0 Å². The van der Waals surface area contributed by atoms with Crippen LogP contribution in [0.2, 0.25) is 0 Å². The molecular weight excluding hydrogens is 320 g/mol. The van der Waals surface area contributed by atoms with Crippen molar-refractivity contribution in [3.63, 3.8) is 0 Å². The summed E-state index contributed by atoms with van der Waals surface area (Å²) in [5.41, 5.74) is 1.07. The third kappa shape index (κ3) is 4.44. The molecule has 2 amide bonds. The van der Waals surface area contributed by atoms with Crippen molar-refractivity contribution in [2.75, 3.05) is 40.4 Å². The van der Waals surface area contributed by atoms with Gasteiger partial charge in [0.1, 0.15) is 0 Å². The van der Waals surface area contributed by atoms with Gasteiger partial charge >= 0.3 is 0 Å². The molecule has 1 heterocycles. The maximum atomic E-state index is 12.4. The molecule has 0 radical (unpaired) electrons. The van der Waals surface area contributed by atoms with Gasteiger partial charge in [-0.2, -0.15) is 0 Å². The topological polar surface area (TPSA) is 59.1 Å². The average molecular weight is 348 g/mol. The molecule has 2 rings (SSSR count). The van der Waals surface area contributed by atoms with Crippen LogP contribution >= 0.6 is 0 Å². The zero-order chi connectivity index (χ0) is 18.4. The largest absolute Gasteiger partial charge is 0.493 e. The minimum Gasteiger partial charge on any atom is -0.493 e. The van der Waals surface area contributed by atoms with Gasteiger partial charge < -0.3 is 19.3 Å². The Balaban J connectivity index is 1.95. The highest BCUT2D eigenvalue weighted by Crippen LogP contribution is 2.28. The van der Waals surface area contributed by atoms with Crippen LogP contribution in [0.1, 0.15) is 25.8 Å². The molecule has 1 aliphatic heterocycles. The van der Waals surface area contributed by atoms with Crippen LogP contribution in [0.15, 0.2) is 18.2 Å². The standard InChI is InChI=1S/C19H28N2O4/c1-5-20(6-2)19(23)15-12-18(22)21(13-15)10-9-14-7-8-16(24-3)17(11-14)25-4/h7-8,11,15H,5-6,9-10,12-13H2,1-4H3. The third-order valence-corrected chi connectivity index (χ3v) is 4.76. The van der Waals surface area contributed by atoms with E-state index in [0.29, 0.717) is 44.1 Å². The third-order valence-electron chi connectivity index (χ3n) is 4.76. The molecule has 6 heteroatoms. The Bertz CT molecular complexity index is 613. The molecule has 0 aromatic heterocycles. The predicted octanol–water partition coefficient (Wildman–Crippen LogP) is 1.96. The monoisotopic (exact) mass is 348 g/mol. The van der Waals surface area contributed by atoms with Gasteiger partial charge in [-0.3, -0.25) is 9.59 Å². The minimum atomic E-state index is -0.210. The second-order valence-electron chi connectivity index (χ2n) is 6.19. The van der Waals surface area contributed by atoms with Crippen molar-refractivity contribution in [3.8, 4) is 11.5 Å². The summed E-state index contributed by atoms with van der Waals surface area (Å²) in [6.45, 7) is 6.43. The minimum absolute atomic E-state index is 0.0611. The Hall–Kier alpha value is -2.24. The van der Waals surface area contributed by atoms with Crippen LogP contribution in [0.3, 0.4) is 0 Å². The highest BCUT2D eigenvalue weighted by Gasteiger charge is 2.35. The first-order valence-corrected chi connectivity index (χ1v) is 8.81. The maximum Gasteiger partial charge on any atom is 0.227 e. The van der Waals surface area contributed by atoms with Crippen molar-refractivity contribution in [3.05, 3.63) is 23.8 Å². The van der Waals surface area contributed by atoms with Crippen molar-refractivity contribution in [1.82, 2.24) is 9.80 Å². The molecule has 25 heavy (non-hydrogen) atoms. The number of rotatable bonds is 8. The molecule has 1 aromatic carbocycles. The summed E-state index contributed by atoms with van der Waals surface area (Å²) in [5, 5.41) is 0. The fourth-order valence-electron chi connectivity index (χ4n) is 3.25. The van der Waals surface area contributed by atoms with Crippen LogP contribution in [0.25, 0.3) is 0 Å². The van der Waals surface area contributed by atoms with E-state index in [1.807, 2.05) is 32.0 Å². The molecule has 1 aliphatic rings. The highest BCUT2D eigenvalue weighted by atomic mass is 16.5. The zero-order valence-corrected chi connectivity index (χ0v) is 15.6. The van der Waals surface area contributed by atoms with E-state index >= 15 is 0 Å². The molecule has 0 aliphatic carbocycles. The summed E-state index contributed by atoms with van der Waals surface area (Å²) in [6.07, 6.45) is 1.04. The van der Waals surface area contributed by atoms with Crippen molar-refractivity contribution < 1.29 is 19.1 Å². The van der Waals surface area contributed by atoms with Crippen LogP contribution < -0.4 is 9.47 Å². The summed E-state index contributed by atoms with van der Waals surface area (Å²) in [7, 11) is 3.21. The number of carbonyl (C=O) groups is 2. The van der Waals surface area contributed by atoms with Crippen LogP contribution in [0.5, 0.6) is 11.5 Å². The quantitative estimate of drug-likeness (QED) is 0.721. The number of hydrogen-bond donors (Lipinski definition) is 0. The maximum absolute atomic E-state index is 12.4. The van der Waals surface area contributed by atoms with Crippen molar-refractivity contribution in [2.24, 2.45) is 5.92 Å². The summed E-state index contributed by atoms with van der Waals surface area (Å²) < 4.78 is 10.6. The van der Waals surface area contributed by atoms with Crippen LogP contribution in [0, 0.1) is 5.92 Å². The van der Waals surface area contributed by atoms with Gasteiger partial charge in [0.15, 0.2) is 11.5 Å². The lowest BCUT2D eigenvalue weighted by Gasteiger charge is -2.22. The van der Waals surface area contributed by atoms with Gasteiger partial charge in [0.25, 0.3) is 0 Å². The molecule has 1 fully saturated rings. The van der Waals surface area contributed by atoms with Gasteiger partial charge in [0.2, 0.25) is 11.8 Å². The van der Waals surface area contributed by atoms with E-state index < -0.39 is 0 Å². The van der Waals surface area contributed by atoms with Gasteiger partial charge in [0, 0.05) is 32.6 Å². The first-order chi connectivity index (χ1) is 12.0. The summed E-state index contributed by atoms with van der Waals surface area (Å²) in [4.78, 5) is 28.3. The smallest absolute Gasteiger partial charge is 0.227 e. The molecule has 0 bridgehead atoms. The number of ether oxygens (including phenoxy) is 2. The second-order valence-corrected chi connectivity index (χ2v) is 6.19. The van der Waals surface area contributed by atoms with Crippen LogP contribution in [0.4, 0.5) is 0 Å². The highest BCUT2D eigenvalue weighted by molar-refractivity contribution is 5.89. The molecule has 138 valence electrons. The summed E-state index contributed by atoms with van der Waals surface area (Å²) in [6, 6.07) is 5.77. The molecule has 1 aromatic rings. The summed E-state index contributed by atoms with van der Waals surface area (Å²) >= 11 is 0. The number of likely N-dealkylation sites (tertiary alicyclic amines) is 1. The Kier molecular flexibility index (Phi) is 6.67. The van der Waals surface area contributed by atoms with Gasteiger partial charge in [-0.1, -0.05) is 6.07 Å². The lowest BCUT2D eigenvalue weighted by molar-refractivity contribution is -0.135. The predicted molar refractivity (Wildman–Crippen MR) is 95.9 cm³/mol. The number of hydrogen-bond acceptors (Lipinski definition) is 4. The van der Waals surface area contributed by atoms with Crippen molar-refractivity contribution >= 4 is 11.8 Å². The molecular formula is C19H28N2O4. The van der Waals surface area contributed by atoms with Crippen LogP contribution in [-0.2, 0) is 16.0 Å². The number of methoxy groups -OCH3 is 2. The number of carbonyl (C=O) groups excluding carboxylic acids is 2. The fraction of sp³-hybridized carbons (Fsp3) is 0.579. The molecule has 6 nitrogen and oxygen atoms in total. The Morgan fingerprint density at radius 2 is 1.88 bits per heavy atom. The Labute approximate surface area is 149 Å². The number of amides is 2. The Morgan fingerprint density at radius 1 is 1.20 bits per heavy atom. The molecule has 0 N–H and O–H groups in total. The molecule has 1 saturated heterocycles. The van der Waals surface area contributed by atoms with Gasteiger partial charge in [0.05, 0.1) is 20.1 Å². The van der Waals surface area contributed by atoms with Crippen LogP contribution in [-0.4, -0.2) is 62.0 Å². The molecule has 0 spiro atoms. The van der Waals surface area contributed by atoms with Gasteiger partial charge in [-0.25, -0.2) is 0 Å². The van der Waals surface area contributed by atoms with E-state index in [9.17, 15) is 9.59 Å². The Morgan fingerprint density at radius 3 is 2.48 bits per heavy atom. The number of benzene rings is 1. The zero-order valence-electron chi connectivity index (χ0n) is 15.6. The van der Waals surface area contributed by atoms with E-state index in [0.717, 1.165) is 12.0 Å². The first-order valence-electron chi connectivity index (χ1n) is 8.81. The lowest BCUT2D eigenvalue weighted by atomic mass is 10.1. The van der Waals surface area contributed by atoms with E-state index in [-0.39, 0.29) is 17.7 Å². The molecule has 0 saturated carbocycles. The van der Waals surface area contributed by atoms with Crippen molar-refractivity contribution in [1.29, 1.82) is 0 Å². The van der Waals surface area contributed by atoms with E-state index in [4.69, 9.17) is 9.47 Å². The van der Waals surface area contributed by atoms with E-state index in [1.165, 1.54) is 0 Å². The number of nitrogens with zero attached hydrogens (tertiary/aromatic N) is 2. The van der Waals surface area contributed by atoms with Gasteiger partial charge in [-0.15, -0.1) is 0 Å². The lowest BCUT2D eigenvalue weighted by Crippen LogP contribution is -2.37. The summed E-state index contributed by atoms with van der Waals surface area (Å²) in [5.74, 6) is 1.31. The first kappa shape index (κ1) is 19.1. The van der Waals surface area contributed by atoms with Crippen molar-refractivity contribution in [2.45, 2.75) is 26.7 Å². The molecule has 1 atom stereocenters. The van der Waals surface area contributed by atoms with E-state index in [2.05, 4.69) is 0 Å². The average Bonchev–Trinajstić information content (AvgIpc) is 3.01. The normalized spacial score (nSPS) is 16.9. The van der Waals surface area contributed by atoms with Gasteiger partial charge in [-0.05, 0) is 38.0 Å². The SMILES string of the molecule is CCN(CC)C(=O)C1CC(=O)N(CCc2ccc(OC)c(OC)c2)C1. The fourth-order valence-corrected chi connectivity index (χ4v) is 3.25. The second kappa shape index (κ2) is 8.74. The molecule has 1 unspecified atom stereocenters.